The number of hydrogen-bond donors (Lipinski definition) is 0. The molecule has 0 unspecified atom stereocenters. The number of anilines is 2. The Morgan fingerprint density at radius 1 is 1.05 bits per heavy atom. The minimum atomic E-state index is -2.77. The Bertz CT molecular complexity index is 1640. The first-order valence-corrected chi connectivity index (χ1v) is 15.9. The molecular weight excluding hydrogens is 674 g/mol. The third-order valence-electron chi connectivity index (χ3n) is 8.03. The van der Waals surface area contributed by atoms with E-state index in [0.717, 1.165) is 3.57 Å². The van der Waals surface area contributed by atoms with Crippen molar-refractivity contribution in [1.82, 2.24) is 8.10 Å². The summed E-state index contributed by atoms with van der Waals surface area (Å²) in [6.45, 7) is 0. The molecule has 0 N–H and O–H groups in total. The topological polar surface area (TPSA) is 97.6 Å². The second-order valence-electron chi connectivity index (χ2n) is 10.8. The van der Waals surface area contributed by atoms with Gasteiger partial charge in [-0.25, -0.2) is 0 Å². The van der Waals surface area contributed by atoms with Crippen molar-refractivity contribution in [2.75, 3.05) is 9.80 Å². The zero-order valence-corrected chi connectivity index (χ0v) is 25.0. The number of nitriles is 1. The summed E-state index contributed by atoms with van der Waals surface area (Å²) in [5, 5.41) is 9.39. The van der Waals surface area contributed by atoms with E-state index in [-0.39, 0.29) is 61.5 Å². The number of alkyl halides is 2. The Morgan fingerprint density at radius 2 is 1.81 bits per heavy atom. The first kappa shape index (κ1) is 29.1. The average Bonchev–Trinajstić information content (AvgIpc) is 3.39. The van der Waals surface area contributed by atoms with Crippen LogP contribution in [-0.2, 0) is 14.4 Å². The zero-order valence-electron chi connectivity index (χ0n) is 22.8. The quantitative estimate of drug-likeness (QED) is 0.300. The molecule has 6 rings (SSSR count). The Morgan fingerprint density at radius 3 is 2.56 bits per heavy atom. The number of carbonyl (C=O) groups is 3. The van der Waals surface area contributed by atoms with Crippen LogP contribution >= 0.6 is 0 Å². The van der Waals surface area contributed by atoms with E-state index >= 15 is 0 Å². The monoisotopic (exact) mass is 700 g/mol. The van der Waals surface area contributed by atoms with Crippen molar-refractivity contribution in [3.63, 3.8) is 0 Å². The molecule has 0 spiro atoms. The van der Waals surface area contributed by atoms with E-state index < -0.39 is 63.2 Å². The fourth-order valence-electron chi connectivity index (χ4n) is 5.93. The standard InChI is InChI=1S/C31H26F3IN5O3/c32-20-4-3-5-22(17-20)38(29(42)25-8-9-27(41)39(25)26-16-19(18-36)12-15-37-26)28-23-6-1-2-7-24(23)35-40(30(28)43)21-10-13-31(33,34)14-11-21/h1-7,12,15-17,21,25,28H,8-11,13-14H2/q-1/t25-,28+/m0/s1. The molecule has 43 heavy (non-hydrogen) atoms. The molecule has 2 atom stereocenters. The predicted molar refractivity (Wildman–Crippen MR) is 145 cm³/mol. The van der Waals surface area contributed by atoms with Gasteiger partial charge in [-0.2, -0.15) is 0 Å². The third kappa shape index (κ3) is 5.58. The number of fused-ring (bicyclic) bond motifs is 1. The Labute approximate surface area is 256 Å². The predicted octanol–water partition coefficient (Wildman–Crippen LogP) is 1.96. The van der Waals surface area contributed by atoms with Gasteiger partial charge in [-0.3, -0.25) is 0 Å². The molecule has 8 nitrogen and oxygen atoms in total. The molecule has 1 aromatic heterocycles. The molecule has 1 saturated carbocycles. The van der Waals surface area contributed by atoms with Crippen LogP contribution in [0.15, 0.2) is 66.9 Å². The summed E-state index contributed by atoms with van der Waals surface area (Å²) in [5.74, 6) is -4.64. The van der Waals surface area contributed by atoms with Crippen molar-refractivity contribution in [2.45, 2.75) is 62.6 Å². The minimum absolute atomic E-state index is 0.0367. The van der Waals surface area contributed by atoms with Gasteiger partial charge in [0.15, 0.2) is 0 Å². The average molecular weight is 700 g/mol. The van der Waals surface area contributed by atoms with E-state index in [4.69, 9.17) is 0 Å². The van der Waals surface area contributed by atoms with Crippen LogP contribution in [0.5, 0.6) is 0 Å². The Hall–Kier alpha value is -3.99. The van der Waals surface area contributed by atoms with Crippen molar-refractivity contribution in [1.29, 1.82) is 5.26 Å². The van der Waals surface area contributed by atoms with Gasteiger partial charge < -0.3 is 0 Å². The number of nitrogens with zero attached hydrogens (tertiary/aromatic N) is 5. The summed E-state index contributed by atoms with van der Waals surface area (Å²) in [7, 11) is 0. The number of hydrogen-bond acceptors (Lipinski definition) is 5. The van der Waals surface area contributed by atoms with E-state index in [1.807, 2.05) is 18.2 Å². The normalized spacial score (nSPS) is 22.0. The summed E-state index contributed by atoms with van der Waals surface area (Å²) >= 11 is -1.07. The molecule has 3 amide bonds. The summed E-state index contributed by atoms with van der Waals surface area (Å²) in [6.07, 6.45) is 1.19. The molecule has 3 aromatic rings. The van der Waals surface area contributed by atoms with Crippen LogP contribution in [0.3, 0.4) is 0 Å². The summed E-state index contributed by atoms with van der Waals surface area (Å²) < 4.78 is 45.3. The number of halogens is 4. The molecule has 2 fully saturated rings. The molecule has 1 saturated heterocycles. The van der Waals surface area contributed by atoms with Gasteiger partial charge in [-0.15, -0.1) is 0 Å². The van der Waals surface area contributed by atoms with Crippen molar-refractivity contribution in [3.05, 3.63) is 87.4 Å². The fraction of sp³-hybridized carbons (Fsp3) is 0.323. The van der Waals surface area contributed by atoms with Gasteiger partial charge in [0, 0.05) is 0 Å². The molecule has 12 heteroatoms. The van der Waals surface area contributed by atoms with E-state index in [1.165, 1.54) is 52.4 Å². The Kier molecular flexibility index (Phi) is 7.85. The second kappa shape index (κ2) is 11.6. The van der Waals surface area contributed by atoms with Crippen LogP contribution in [0, 0.1) is 20.7 Å². The van der Waals surface area contributed by atoms with Crippen LogP contribution < -0.4 is 31.3 Å². The number of pyridine rings is 1. The van der Waals surface area contributed by atoms with Crippen LogP contribution in [0.2, 0.25) is 0 Å². The van der Waals surface area contributed by atoms with E-state index in [2.05, 4.69) is 4.98 Å². The van der Waals surface area contributed by atoms with Crippen LogP contribution in [0.4, 0.5) is 24.7 Å². The zero-order chi connectivity index (χ0) is 30.3. The van der Waals surface area contributed by atoms with Crippen molar-refractivity contribution >= 4 is 29.2 Å². The maximum atomic E-state index is 14.7. The molecule has 0 bridgehead atoms. The van der Waals surface area contributed by atoms with E-state index in [9.17, 15) is 32.8 Å². The summed E-state index contributed by atoms with van der Waals surface area (Å²) in [4.78, 5) is 48.9. The summed E-state index contributed by atoms with van der Waals surface area (Å²) in [5.41, 5.74) is 0.981. The second-order valence-corrected chi connectivity index (χ2v) is 13.5. The maximum absolute atomic E-state index is 14.7. The fourth-order valence-corrected chi connectivity index (χ4v) is 9.06. The van der Waals surface area contributed by atoms with E-state index in [0.29, 0.717) is 5.56 Å². The Balaban J connectivity index is 1.44. The van der Waals surface area contributed by atoms with Crippen molar-refractivity contribution < 1.29 is 49.0 Å². The van der Waals surface area contributed by atoms with E-state index in [1.54, 1.807) is 15.2 Å². The third-order valence-corrected chi connectivity index (χ3v) is 11.3. The molecule has 3 aliphatic rings. The van der Waals surface area contributed by atoms with Gasteiger partial charge in [0.25, 0.3) is 0 Å². The van der Waals surface area contributed by atoms with Gasteiger partial charge in [0.2, 0.25) is 0 Å². The first-order valence-electron chi connectivity index (χ1n) is 13.9. The van der Waals surface area contributed by atoms with Crippen molar-refractivity contribution in [3.8, 4) is 6.07 Å². The molecule has 2 aromatic carbocycles. The number of amides is 3. The number of rotatable bonds is 5. The number of benzene rings is 2. The van der Waals surface area contributed by atoms with Gasteiger partial charge in [-0.1, -0.05) is 0 Å². The van der Waals surface area contributed by atoms with Gasteiger partial charge in [0.1, 0.15) is 0 Å². The van der Waals surface area contributed by atoms with Crippen LogP contribution in [-0.4, -0.2) is 43.8 Å². The SMILES string of the molecule is N#Cc1ccnc(N2C(=O)CC[C@H]2C(=O)N(c2cccc(F)c2)[C@H]2C(=O)N(C3CCC(F)(F)CC3)[I-]c3ccccc32)c1. The molecular formula is C31H26F3IN5O3-. The number of aromatic nitrogens is 1. The molecule has 3 heterocycles. The van der Waals surface area contributed by atoms with Gasteiger partial charge >= 0.3 is 257 Å². The van der Waals surface area contributed by atoms with Crippen LogP contribution in [0.1, 0.15) is 55.7 Å². The first-order chi connectivity index (χ1) is 20.7. The number of carbonyl (C=O) groups excluding carboxylic acids is 3. The molecule has 0 radical (unpaired) electrons. The van der Waals surface area contributed by atoms with Crippen LogP contribution in [0.25, 0.3) is 0 Å². The molecule has 222 valence electrons. The van der Waals surface area contributed by atoms with Gasteiger partial charge in [0.05, 0.1) is 0 Å². The van der Waals surface area contributed by atoms with Crippen molar-refractivity contribution in [2.24, 2.45) is 0 Å². The molecule has 1 aliphatic carbocycles. The molecule has 2 aliphatic heterocycles. The summed E-state index contributed by atoms with van der Waals surface area (Å²) in [6, 6.07) is 14.8. The van der Waals surface area contributed by atoms with Gasteiger partial charge in [-0.05, 0) is 0 Å².